The van der Waals surface area contributed by atoms with Crippen molar-refractivity contribution in [3.63, 3.8) is 0 Å². The molecular weight excluding hydrogens is 582 g/mol. The van der Waals surface area contributed by atoms with Crippen molar-refractivity contribution in [2.24, 2.45) is 0 Å². The zero-order valence-electron chi connectivity index (χ0n) is 25.9. The number of benzene rings is 3. The maximum absolute atomic E-state index is 13.0. The number of allylic oxidation sites excluding steroid dienone is 1. The highest BCUT2D eigenvalue weighted by Gasteiger charge is 2.26. The van der Waals surface area contributed by atoms with Gasteiger partial charge in [0.1, 0.15) is 11.5 Å². The van der Waals surface area contributed by atoms with Gasteiger partial charge >= 0.3 is 0 Å². The Balaban J connectivity index is 1.23. The van der Waals surface area contributed by atoms with Crippen LogP contribution in [-0.2, 0) is 13.0 Å². The number of likely N-dealkylation sites (tertiary alicyclic amines) is 1. The Bertz CT molecular complexity index is 1910. The highest BCUT2D eigenvalue weighted by Crippen LogP contribution is 2.49. The topological polar surface area (TPSA) is 85.3 Å². The lowest BCUT2D eigenvalue weighted by Crippen LogP contribution is -2.31. The van der Waals surface area contributed by atoms with Crippen molar-refractivity contribution in [1.29, 1.82) is 0 Å². The van der Waals surface area contributed by atoms with Crippen LogP contribution in [0, 0.1) is 0 Å². The lowest BCUT2D eigenvalue weighted by Gasteiger charge is -2.26. The highest BCUT2D eigenvalue weighted by molar-refractivity contribution is 8.08. The summed E-state index contributed by atoms with van der Waals surface area (Å²) in [5.41, 5.74) is 6.07. The van der Waals surface area contributed by atoms with Crippen molar-refractivity contribution >= 4 is 38.7 Å². The van der Waals surface area contributed by atoms with Gasteiger partial charge in [0.05, 0.1) is 36.3 Å². The van der Waals surface area contributed by atoms with Gasteiger partial charge in [-0.15, -0.1) is 11.8 Å². The van der Waals surface area contributed by atoms with Gasteiger partial charge in [-0.25, -0.2) is 9.97 Å². The number of aromatic amines is 1. The summed E-state index contributed by atoms with van der Waals surface area (Å²) in [5, 5.41) is 0.263. The second-order valence-electron chi connectivity index (χ2n) is 11.9. The van der Waals surface area contributed by atoms with Crippen molar-refractivity contribution in [3.8, 4) is 11.5 Å². The molecule has 1 N–H and O–H groups in total. The van der Waals surface area contributed by atoms with E-state index in [1.165, 1.54) is 42.8 Å². The van der Waals surface area contributed by atoms with E-state index in [0.29, 0.717) is 17.6 Å². The van der Waals surface area contributed by atoms with Gasteiger partial charge in [0.15, 0.2) is 11.5 Å². The number of fused-ring (bicyclic) bond motifs is 2. The van der Waals surface area contributed by atoms with E-state index in [2.05, 4.69) is 38.7 Å². The van der Waals surface area contributed by atoms with E-state index in [9.17, 15) is 4.79 Å². The number of methoxy groups -OCH3 is 2. The molecule has 2 aliphatic heterocycles. The molecule has 4 heterocycles. The zero-order valence-corrected chi connectivity index (χ0v) is 26.7. The average molecular weight is 622 g/mol. The molecule has 0 aliphatic carbocycles. The third-order valence-electron chi connectivity index (χ3n) is 8.94. The molecule has 232 valence electrons. The van der Waals surface area contributed by atoms with Gasteiger partial charge in [0.25, 0.3) is 5.56 Å². The van der Waals surface area contributed by atoms with E-state index >= 15 is 0 Å². The van der Waals surface area contributed by atoms with Crippen LogP contribution in [0.5, 0.6) is 11.5 Å². The van der Waals surface area contributed by atoms with Crippen molar-refractivity contribution in [1.82, 2.24) is 24.4 Å². The molecule has 0 saturated carbocycles. The van der Waals surface area contributed by atoms with Crippen molar-refractivity contribution < 1.29 is 9.47 Å². The van der Waals surface area contributed by atoms with Crippen LogP contribution < -0.4 is 15.0 Å². The molecule has 7 rings (SSSR count). The number of H-pyrrole nitrogens is 1. The summed E-state index contributed by atoms with van der Waals surface area (Å²) in [6, 6.07) is 20.3. The minimum Gasteiger partial charge on any atom is -0.493 e. The largest absolute Gasteiger partial charge is 0.493 e. The van der Waals surface area contributed by atoms with Crippen molar-refractivity contribution in [2.45, 2.75) is 50.3 Å². The van der Waals surface area contributed by atoms with E-state index in [1.54, 1.807) is 14.2 Å². The molecule has 0 amide bonds. The van der Waals surface area contributed by atoms with Crippen LogP contribution >= 0.6 is 11.8 Å². The summed E-state index contributed by atoms with van der Waals surface area (Å²) in [5.74, 6) is 2.46. The number of hydrogen-bond acceptors (Lipinski definition) is 7. The van der Waals surface area contributed by atoms with Crippen LogP contribution in [-0.4, -0.2) is 58.3 Å². The van der Waals surface area contributed by atoms with Crippen LogP contribution in [0.4, 0.5) is 0 Å². The molecule has 8 nitrogen and oxygen atoms in total. The number of hydrogen-bond donors (Lipinski definition) is 1. The van der Waals surface area contributed by atoms with Gasteiger partial charge in [0, 0.05) is 23.1 Å². The van der Waals surface area contributed by atoms with Crippen LogP contribution in [0.2, 0.25) is 0 Å². The zero-order chi connectivity index (χ0) is 30.8. The van der Waals surface area contributed by atoms with Gasteiger partial charge in [-0.05, 0) is 80.7 Å². The van der Waals surface area contributed by atoms with Crippen LogP contribution in [0.3, 0.4) is 0 Å². The highest BCUT2D eigenvalue weighted by atomic mass is 32.2. The van der Waals surface area contributed by atoms with Gasteiger partial charge in [-0.1, -0.05) is 48.9 Å². The summed E-state index contributed by atoms with van der Waals surface area (Å²) in [7, 11) is 3.34. The molecule has 1 fully saturated rings. The number of piperidine rings is 1. The molecule has 9 heteroatoms. The Labute approximate surface area is 267 Å². The number of nitrogens with zero attached hydrogens (tertiary/aromatic N) is 4. The van der Waals surface area contributed by atoms with Gasteiger partial charge in [0.2, 0.25) is 0 Å². The molecule has 3 aromatic carbocycles. The Morgan fingerprint density at radius 2 is 1.73 bits per heavy atom. The second-order valence-corrected chi connectivity index (χ2v) is 13.1. The summed E-state index contributed by atoms with van der Waals surface area (Å²) in [6.45, 7) is 4.34. The minimum atomic E-state index is -0.154. The Morgan fingerprint density at radius 1 is 0.911 bits per heavy atom. The standard InChI is InChI=1S/C36H39N5O3S/c1-43-31-13-12-25(21-32(31)44-2)33-14-15-34(45-33)35-38-28-22-26-27(37-29(36(42)39-26)20-24-10-5-3-6-11-24)23-30(28)41(35)19-9-18-40-16-7-4-8-17-40/h3,5-6,10-13,15,21-23,33H,4,7-9,14,16-20H2,1-2H3,(H,39,42). The molecule has 1 saturated heterocycles. The van der Waals surface area contributed by atoms with Crippen LogP contribution in [0.1, 0.15) is 60.0 Å². The van der Waals surface area contributed by atoms with E-state index < -0.39 is 0 Å². The van der Waals surface area contributed by atoms with Crippen LogP contribution in [0.15, 0.2) is 71.5 Å². The lowest BCUT2D eigenvalue weighted by molar-refractivity contribution is 0.223. The number of imidazole rings is 1. The Morgan fingerprint density at radius 3 is 2.53 bits per heavy atom. The Hall–Kier alpha value is -4.08. The Kier molecular flexibility index (Phi) is 8.63. The van der Waals surface area contributed by atoms with Gasteiger partial charge < -0.3 is 23.9 Å². The fourth-order valence-electron chi connectivity index (χ4n) is 6.57. The summed E-state index contributed by atoms with van der Waals surface area (Å²) < 4.78 is 13.4. The maximum Gasteiger partial charge on any atom is 0.270 e. The number of nitrogens with one attached hydrogen (secondary N) is 1. The number of ether oxygens (including phenoxy) is 2. The summed E-state index contributed by atoms with van der Waals surface area (Å²) in [4.78, 5) is 29.9. The monoisotopic (exact) mass is 621 g/mol. The van der Waals surface area contributed by atoms with Crippen LogP contribution in [0.25, 0.3) is 27.0 Å². The second kappa shape index (κ2) is 13.1. The number of rotatable bonds is 10. The number of thioether (sulfide) groups is 1. The van der Waals surface area contributed by atoms with Crippen molar-refractivity contribution in [2.75, 3.05) is 33.9 Å². The first-order chi connectivity index (χ1) is 22.1. The molecule has 0 radical (unpaired) electrons. The first-order valence-corrected chi connectivity index (χ1v) is 16.8. The first-order valence-electron chi connectivity index (χ1n) is 15.9. The fourth-order valence-corrected chi connectivity index (χ4v) is 7.80. The molecular formula is C36H39N5O3S. The molecule has 0 spiro atoms. The predicted molar refractivity (Wildman–Crippen MR) is 182 cm³/mol. The SMILES string of the molecule is COc1ccc(C2CC=C(c3nc4cc5[nH]c(=O)c(Cc6ccccc6)nc5cc4n3CCCN3CCCCC3)S2)cc1OC. The molecule has 0 bridgehead atoms. The van der Waals surface area contributed by atoms with E-state index in [-0.39, 0.29) is 10.8 Å². The van der Waals surface area contributed by atoms with E-state index in [0.717, 1.165) is 65.4 Å². The molecule has 45 heavy (non-hydrogen) atoms. The lowest BCUT2D eigenvalue weighted by atomic mass is 10.1. The summed E-state index contributed by atoms with van der Waals surface area (Å²) in [6.07, 6.45) is 8.69. The molecule has 1 atom stereocenters. The third kappa shape index (κ3) is 6.24. The molecule has 5 aromatic rings. The normalized spacial score (nSPS) is 17.2. The predicted octanol–water partition coefficient (Wildman–Crippen LogP) is 6.98. The minimum absolute atomic E-state index is 0.154. The number of aromatic nitrogens is 4. The maximum atomic E-state index is 13.0. The smallest absolute Gasteiger partial charge is 0.270 e. The summed E-state index contributed by atoms with van der Waals surface area (Å²) >= 11 is 1.85. The quantitative estimate of drug-likeness (QED) is 0.180. The molecule has 1 unspecified atom stereocenters. The first kappa shape index (κ1) is 29.6. The number of aryl methyl sites for hydroxylation is 1. The van der Waals surface area contributed by atoms with E-state index in [1.807, 2.05) is 54.2 Å². The molecule has 2 aromatic heterocycles. The molecule has 2 aliphatic rings. The van der Waals surface area contributed by atoms with Gasteiger partial charge in [-0.3, -0.25) is 4.79 Å². The fraction of sp³-hybridized carbons (Fsp3) is 0.361. The van der Waals surface area contributed by atoms with Gasteiger partial charge in [-0.2, -0.15) is 0 Å². The van der Waals surface area contributed by atoms with Crippen molar-refractivity contribution in [3.05, 3.63) is 99.7 Å². The van der Waals surface area contributed by atoms with E-state index in [4.69, 9.17) is 19.4 Å². The average Bonchev–Trinajstić information content (AvgIpc) is 3.70. The third-order valence-corrected chi connectivity index (χ3v) is 10.3.